The number of unbranched alkanes of at least 4 members (excludes halogenated alkanes) is 2. The van der Waals surface area contributed by atoms with E-state index >= 15 is 0 Å². The van der Waals surface area contributed by atoms with Crippen molar-refractivity contribution in [3.8, 4) is 0 Å². The maximum absolute atomic E-state index is 11.3. The van der Waals surface area contributed by atoms with Gasteiger partial charge in [0.05, 0.1) is 0 Å². The summed E-state index contributed by atoms with van der Waals surface area (Å²) < 4.78 is 0. The summed E-state index contributed by atoms with van der Waals surface area (Å²) in [4.78, 5) is 11.3. The Labute approximate surface area is 98.0 Å². The minimum Gasteiger partial charge on any atom is -0.273 e. The van der Waals surface area contributed by atoms with Gasteiger partial charge in [0.2, 0.25) is 5.91 Å². The molecule has 0 fully saturated rings. The van der Waals surface area contributed by atoms with Crippen molar-refractivity contribution in [1.82, 2.24) is 5.43 Å². The molecule has 1 amide bonds. The molecular formula is C13H22N2O. The van der Waals surface area contributed by atoms with Gasteiger partial charge in [-0.05, 0) is 31.6 Å². The molecule has 0 spiro atoms. The Morgan fingerprint density at radius 1 is 1.50 bits per heavy atom. The van der Waals surface area contributed by atoms with Gasteiger partial charge < -0.3 is 0 Å². The highest BCUT2D eigenvalue weighted by atomic mass is 16.2. The van der Waals surface area contributed by atoms with Gasteiger partial charge in [-0.3, -0.25) is 4.79 Å². The fraction of sp³-hybridized carbons (Fsp3) is 0.692. The number of hydrogen-bond donors (Lipinski definition) is 1. The van der Waals surface area contributed by atoms with Crippen LogP contribution in [0.4, 0.5) is 0 Å². The Morgan fingerprint density at radius 3 is 3.06 bits per heavy atom. The van der Waals surface area contributed by atoms with Gasteiger partial charge in [0.25, 0.3) is 0 Å². The van der Waals surface area contributed by atoms with E-state index in [0.29, 0.717) is 12.3 Å². The van der Waals surface area contributed by atoms with Crippen LogP contribution in [0, 0.1) is 5.92 Å². The average molecular weight is 222 g/mol. The minimum absolute atomic E-state index is 0.0380. The van der Waals surface area contributed by atoms with Gasteiger partial charge in [0.15, 0.2) is 0 Å². The molecule has 1 aliphatic rings. The lowest BCUT2D eigenvalue weighted by Gasteiger charge is -2.11. The van der Waals surface area contributed by atoms with Gasteiger partial charge in [0, 0.05) is 12.6 Å². The lowest BCUT2D eigenvalue weighted by atomic mass is 9.96. The molecule has 0 bridgehead atoms. The molecule has 0 aromatic rings. The number of carbonyl (C=O) groups is 1. The zero-order valence-corrected chi connectivity index (χ0v) is 10.1. The molecule has 0 aromatic carbocycles. The third-order valence-electron chi connectivity index (χ3n) is 2.79. The zero-order valence-electron chi connectivity index (χ0n) is 10.1. The highest BCUT2D eigenvalue weighted by molar-refractivity contribution is 5.76. The zero-order chi connectivity index (χ0) is 11.6. The first-order valence-corrected chi connectivity index (χ1v) is 6.30. The van der Waals surface area contributed by atoms with Crippen molar-refractivity contribution < 1.29 is 4.79 Å². The Bertz CT molecular complexity index is 259. The summed E-state index contributed by atoms with van der Waals surface area (Å²) in [6.45, 7) is 2.13. The van der Waals surface area contributed by atoms with E-state index in [4.69, 9.17) is 0 Å². The van der Waals surface area contributed by atoms with Crippen molar-refractivity contribution >= 4 is 12.1 Å². The Morgan fingerprint density at radius 2 is 2.38 bits per heavy atom. The van der Waals surface area contributed by atoms with Crippen LogP contribution in [0.15, 0.2) is 17.3 Å². The molecule has 1 atom stereocenters. The molecule has 0 aliphatic heterocycles. The highest BCUT2D eigenvalue weighted by Crippen LogP contribution is 2.15. The van der Waals surface area contributed by atoms with Crippen LogP contribution < -0.4 is 5.43 Å². The smallest absolute Gasteiger partial charge is 0.240 e. The minimum atomic E-state index is 0.0380. The van der Waals surface area contributed by atoms with E-state index in [9.17, 15) is 4.79 Å². The van der Waals surface area contributed by atoms with Gasteiger partial charge in [0.1, 0.15) is 0 Å². The lowest BCUT2D eigenvalue weighted by Crippen LogP contribution is -2.18. The second-order valence-corrected chi connectivity index (χ2v) is 4.31. The van der Waals surface area contributed by atoms with E-state index in [2.05, 4.69) is 29.6 Å². The standard InChI is InChI=1S/C13H22N2O/c1-2-3-5-10-13(16)15-14-11-12-8-6-4-7-9-12/h4,6,11-12H,2-3,5,7-10H2,1H3,(H,15,16)/b14-11+. The van der Waals surface area contributed by atoms with E-state index in [1.807, 2.05) is 6.21 Å². The normalized spacial score (nSPS) is 20.2. The molecule has 1 rings (SSSR count). The van der Waals surface area contributed by atoms with Crippen LogP contribution in [0.2, 0.25) is 0 Å². The first-order chi connectivity index (χ1) is 7.83. The highest BCUT2D eigenvalue weighted by Gasteiger charge is 2.06. The third-order valence-corrected chi connectivity index (χ3v) is 2.79. The summed E-state index contributed by atoms with van der Waals surface area (Å²) in [5.41, 5.74) is 2.60. The SMILES string of the molecule is CCCCCC(=O)N/N=C/C1CC=CCC1. The van der Waals surface area contributed by atoms with Crippen LogP contribution in [0.1, 0.15) is 51.9 Å². The van der Waals surface area contributed by atoms with Crippen LogP contribution in [0.25, 0.3) is 0 Å². The van der Waals surface area contributed by atoms with Crippen LogP contribution >= 0.6 is 0 Å². The van der Waals surface area contributed by atoms with Crippen molar-refractivity contribution in [2.45, 2.75) is 51.9 Å². The van der Waals surface area contributed by atoms with Gasteiger partial charge in [-0.2, -0.15) is 5.10 Å². The Balaban J connectivity index is 2.10. The molecule has 0 aromatic heterocycles. The fourth-order valence-corrected chi connectivity index (χ4v) is 1.76. The quantitative estimate of drug-likeness (QED) is 0.319. The van der Waals surface area contributed by atoms with Crippen LogP contribution in [0.3, 0.4) is 0 Å². The van der Waals surface area contributed by atoms with Crippen molar-refractivity contribution in [1.29, 1.82) is 0 Å². The van der Waals surface area contributed by atoms with Gasteiger partial charge in [-0.1, -0.05) is 31.9 Å². The largest absolute Gasteiger partial charge is 0.273 e. The summed E-state index contributed by atoms with van der Waals surface area (Å²) >= 11 is 0. The number of allylic oxidation sites excluding steroid dienone is 2. The van der Waals surface area contributed by atoms with Crippen molar-refractivity contribution in [2.24, 2.45) is 11.0 Å². The van der Waals surface area contributed by atoms with Crippen LogP contribution in [0.5, 0.6) is 0 Å². The number of hydrogen-bond acceptors (Lipinski definition) is 2. The molecule has 1 N–H and O–H groups in total. The number of nitrogens with zero attached hydrogens (tertiary/aromatic N) is 1. The van der Waals surface area contributed by atoms with E-state index in [-0.39, 0.29) is 5.91 Å². The molecule has 1 unspecified atom stereocenters. The van der Waals surface area contributed by atoms with E-state index in [1.54, 1.807) is 0 Å². The summed E-state index contributed by atoms with van der Waals surface area (Å²) in [5, 5.41) is 4.02. The van der Waals surface area contributed by atoms with Crippen LogP contribution in [-0.4, -0.2) is 12.1 Å². The van der Waals surface area contributed by atoms with E-state index in [1.165, 1.54) is 0 Å². The predicted molar refractivity (Wildman–Crippen MR) is 67.3 cm³/mol. The first kappa shape index (κ1) is 12.9. The van der Waals surface area contributed by atoms with Gasteiger partial charge >= 0.3 is 0 Å². The van der Waals surface area contributed by atoms with Crippen molar-refractivity contribution in [2.75, 3.05) is 0 Å². The van der Waals surface area contributed by atoms with Gasteiger partial charge in [-0.25, -0.2) is 5.43 Å². The number of amides is 1. The maximum Gasteiger partial charge on any atom is 0.240 e. The third kappa shape index (κ3) is 5.69. The lowest BCUT2D eigenvalue weighted by molar-refractivity contribution is -0.121. The predicted octanol–water partition coefficient (Wildman–Crippen LogP) is 3.03. The molecule has 3 nitrogen and oxygen atoms in total. The molecule has 1 aliphatic carbocycles. The molecular weight excluding hydrogens is 200 g/mol. The Kier molecular flexibility index (Phi) is 6.54. The monoisotopic (exact) mass is 222 g/mol. The molecule has 16 heavy (non-hydrogen) atoms. The summed E-state index contributed by atoms with van der Waals surface area (Å²) in [6.07, 6.45) is 13.4. The second-order valence-electron chi connectivity index (χ2n) is 4.31. The molecule has 0 radical (unpaired) electrons. The number of hydrazone groups is 1. The number of nitrogens with one attached hydrogen (secondary N) is 1. The van der Waals surface area contributed by atoms with E-state index < -0.39 is 0 Å². The maximum atomic E-state index is 11.3. The molecule has 0 saturated carbocycles. The average Bonchev–Trinajstić information content (AvgIpc) is 2.31. The fourth-order valence-electron chi connectivity index (χ4n) is 1.76. The molecule has 0 heterocycles. The summed E-state index contributed by atoms with van der Waals surface area (Å²) in [7, 11) is 0. The van der Waals surface area contributed by atoms with Crippen molar-refractivity contribution in [3.63, 3.8) is 0 Å². The van der Waals surface area contributed by atoms with Crippen LogP contribution in [-0.2, 0) is 4.79 Å². The van der Waals surface area contributed by atoms with Gasteiger partial charge in [-0.15, -0.1) is 0 Å². The number of carbonyl (C=O) groups excluding carboxylic acids is 1. The summed E-state index contributed by atoms with van der Waals surface area (Å²) in [5.74, 6) is 0.539. The molecule has 0 saturated heterocycles. The Hall–Kier alpha value is -1.12. The molecule has 90 valence electrons. The number of rotatable bonds is 6. The summed E-state index contributed by atoms with van der Waals surface area (Å²) in [6, 6.07) is 0. The topological polar surface area (TPSA) is 41.5 Å². The molecule has 3 heteroatoms. The second kappa shape index (κ2) is 8.08. The van der Waals surface area contributed by atoms with E-state index in [0.717, 1.165) is 38.5 Å². The van der Waals surface area contributed by atoms with Crippen molar-refractivity contribution in [3.05, 3.63) is 12.2 Å². The first-order valence-electron chi connectivity index (χ1n) is 6.30.